The third-order valence-corrected chi connectivity index (χ3v) is 4.10. The Morgan fingerprint density at radius 1 is 1.20 bits per heavy atom. The first-order valence-corrected chi connectivity index (χ1v) is 7.26. The number of fused-ring (bicyclic) bond motifs is 1. The molecule has 2 aromatic rings. The molecule has 0 saturated heterocycles. The molecule has 1 atom stereocenters. The molecule has 1 heterocycles. The zero-order valence-electron chi connectivity index (χ0n) is 11.8. The first-order valence-electron chi connectivity index (χ1n) is 6.85. The fourth-order valence-electron chi connectivity index (χ4n) is 2.99. The van der Waals surface area contributed by atoms with Crippen molar-refractivity contribution in [3.63, 3.8) is 0 Å². The first kappa shape index (κ1) is 13.1. The zero-order valence-corrected chi connectivity index (χ0v) is 12.6. The summed E-state index contributed by atoms with van der Waals surface area (Å²) in [4.78, 5) is 2.81. The maximum Gasteiger partial charge on any atom is 0.106 e. The number of benzene rings is 2. The third-order valence-electron chi connectivity index (χ3n) is 3.88. The number of hydrogen-bond donors (Lipinski definition) is 1. The van der Waals surface area contributed by atoms with Gasteiger partial charge in [0.15, 0.2) is 0 Å². The van der Waals surface area contributed by atoms with Gasteiger partial charge in [-0.05, 0) is 44.0 Å². The summed E-state index contributed by atoms with van der Waals surface area (Å²) in [6.45, 7) is 4.30. The molecule has 0 radical (unpaired) electrons. The number of thiocarbonyl (C=S) groups is 1. The van der Waals surface area contributed by atoms with Crippen LogP contribution in [0.4, 0.5) is 11.4 Å². The second-order valence-corrected chi connectivity index (χ2v) is 5.88. The van der Waals surface area contributed by atoms with Crippen LogP contribution in [0.5, 0.6) is 0 Å². The minimum atomic E-state index is 0.420. The molecular weight excluding hydrogens is 264 g/mol. The van der Waals surface area contributed by atoms with Crippen LogP contribution in [0.2, 0.25) is 0 Å². The van der Waals surface area contributed by atoms with Crippen molar-refractivity contribution in [3.05, 3.63) is 59.2 Å². The van der Waals surface area contributed by atoms with Gasteiger partial charge in [-0.2, -0.15) is 0 Å². The summed E-state index contributed by atoms with van der Waals surface area (Å²) in [5, 5.41) is 0. The highest BCUT2D eigenvalue weighted by Crippen LogP contribution is 2.39. The molecular formula is C17H18N2S. The van der Waals surface area contributed by atoms with E-state index in [-0.39, 0.29) is 0 Å². The van der Waals surface area contributed by atoms with Gasteiger partial charge >= 0.3 is 0 Å². The van der Waals surface area contributed by atoms with Gasteiger partial charge < -0.3 is 10.6 Å². The Balaban J connectivity index is 2.17. The summed E-state index contributed by atoms with van der Waals surface area (Å²) in [6, 6.07) is 15.3. The molecule has 2 aromatic carbocycles. The van der Waals surface area contributed by atoms with Crippen LogP contribution < -0.4 is 10.6 Å². The molecule has 2 N–H and O–H groups in total. The lowest BCUT2D eigenvalue weighted by Crippen LogP contribution is -2.26. The van der Waals surface area contributed by atoms with Gasteiger partial charge in [-0.1, -0.05) is 42.0 Å². The molecule has 0 amide bonds. The van der Waals surface area contributed by atoms with E-state index in [1.807, 2.05) is 0 Å². The summed E-state index contributed by atoms with van der Waals surface area (Å²) in [5.41, 5.74) is 11.8. The van der Waals surface area contributed by atoms with E-state index in [1.165, 1.54) is 16.8 Å². The molecule has 0 aliphatic carbocycles. The monoisotopic (exact) mass is 282 g/mol. The molecule has 0 spiro atoms. The number of anilines is 2. The first-order chi connectivity index (χ1) is 9.58. The predicted molar refractivity (Wildman–Crippen MR) is 88.8 cm³/mol. The molecule has 2 nitrogen and oxygen atoms in total. The Kier molecular flexibility index (Phi) is 3.22. The van der Waals surface area contributed by atoms with Crippen LogP contribution in [0, 0.1) is 6.92 Å². The Hall–Kier alpha value is -1.87. The van der Waals surface area contributed by atoms with Gasteiger partial charge in [0.1, 0.15) is 4.99 Å². The van der Waals surface area contributed by atoms with Gasteiger partial charge in [-0.3, -0.25) is 0 Å². The van der Waals surface area contributed by atoms with Crippen molar-refractivity contribution in [2.24, 2.45) is 5.73 Å². The van der Waals surface area contributed by atoms with Crippen LogP contribution >= 0.6 is 12.2 Å². The third kappa shape index (κ3) is 2.08. The summed E-state index contributed by atoms with van der Waals surface area (Å²) in [5.74, 6) is 0. The van der Waals surface area contributed by atoms with E-state index in [9.17, 15) is 0 Å². The molecule has 20 heavy (non-hydrogen) atoms. The van der Waals surface area contributed by atoms with Crippen molar-refractivity contribution in [3.8, 4) is 0 Å². The molecule has 0 aromatic heterocycles. The molecule has 1 unspecified atom stereocenters. The second-order valence-electron chi connectivity index (χ2n) is 5.44. The smallest absolute Gasteiger partial charge is 0.106 e. The van der Waals surface area contributed by atoms with Gasteiger partial charge in [-0.15, -0.1) is 0 Å². The predicted octanol–water partition coefficient (Wildman–Crippen LogP) is 3.71. The fraction of sp³-hybridized carbons (Fsp3) is 0.235. The average Bonchev–Trinajstić information content (AvgIpc) is 2.74. The minimum Gasteiger partial charge on any atom is -0.389 e. The van der Waals surface area contributed by atoms with Crippen LogP contribution in [-0.2, 0) is 6.42 Å². The van der Waals surface area contributed by atoms with Gasteiger partial charge in [-0.25, -0.2) is 0 Å². The van der Waals surface area contributed by atoms with E-state index >= 15 is 0 Å². The number of hydrogen-bond acceptors (Lipinski definition) is 2. The highest BCUT2D eigenvalue weighted by Gasteiger charge is 2.28. The average molecular weight is 282 g/mol. The van der Waals surface area contributed by atoms with E-state index in [0.717, 1.165) is 17.7 Å². The highest BCUT2D eigenvalue weighted by atomic mass is 32.1. The van der Waals surface area contributed by atoms with E-state index in [0.29, 0.717) is 11.0 Å². The Morgan fingerprint density at radius 3 is 2.70 bits per heavy atom. The van der Waals surface area contributed by atoms with Gasteiger partial charge in [0.05, 0.1) is 5.69 Å². The molecule has 102 valence electrons. The van der Waals surface area contributed by atoms with Crippen molar-refractivity contribution < 1.29 is 0 Å². The van der Waals surface area contributed by atoms with Gasteiger partial charge in [0.2, 0.25) is 0 Å². The topological polar surface area (TPSA) is 29.3 Å². The van der Waals surface area contributed by atoms with E-state index in [2.05, 4.69) is 61.2 Å². The minimum absolute atomic E-state index is 0.420. The summed E-state index contributed by atoms with van der Waals surface area (Å²) in [7, 11) is 0. The Labute approximate surface area is 125 Å². The van der Waals surface area contributed by atoms with Crippen molar-refractivity contribution in [2.75, 3.05) is 4.90 Å². The number of nitrogens with zero attached hydrogens (tertiary/aromatic N) is 1. The van der Waals surface area contributed by atoms with Crippen LogP contribution in [0.1, 0.15) is 23.6 Å². The molecule has 1 aliphatic heterocycles. The summed E-state index contributed by atoms with van der Waals surface area (Å²) >= 11 is 5.23. The van der Waals surface area contributed by atoms with Crippen molar-refractivity contribution >= 4 is 28.6 Å². The van der Waals surface area contributed by atoms with Crippen LogP contribution in [0.25, 0.3) is 0 Å². The van der Waals surface area contributed by atoms with E-state index < -0.39 is 0 Å². The lowest BCUT2D eigenvalue weighted by atomic mass is 10.1. The normalized spacial score (nSPS) is 17.1. The number of aryl methyl sites for hydroxylation is 1. The lowest BCUT2D eigenvalue weighted by Gasteiger charge is -2.27. The summed E-state index contributed by atoms with van der Waals surface area (Å²) < 4.78 is 0. The highest BCUT2D eigenvalue weighted by molar-refractivity contribution is 7.80. The molecule has 3 heteroatoms. The molecule has 0 saturated carbocycles. The van der Waals surface area contributed by atoms with Crippen molar-refractivity contribution in [1.82, 2.24) is 0 Å². The zero-order chi connectivity index (χ0) is 14.3. The molecule has 0 bridgehead atoms. The Morgan fingerprint density at radius 2 is 1.95 bits per heavy atom. The number of para-hydroxylation sites is 1. The molecule has 1 aliphatic rings. The molecule has 3 rings (SSSR count). The maximum atomic E-state index is 5.92. The van der Waals surface area contributed by atoms with Gasteiger partial charge in [0, 0.05) is 17.3 Å². The largest absolute Gasteiger partial charge is 0.389 e. The van der Waals surface area contributed by atoms with Crippen molar-refractivity contribution in [1.29, 1.82) is 0 Å². The van der Waals surface area contributed by atoms with Crippen LogP contribution in [0.15, 0.2) is 42.5 Å². The van der Waals surface area contributed by atoms with Crippen LogP contribution in [0.3, 0.4) is 0 Å². The van der Waals surface area contributed by atoms with Crippen LogP contribution in [-0.4, -0.2) is 11.0 Å². The number of rotatable bonds is 2. The van der Waals surface area contributed by atoms with Crippen molar-refractivity contribution in [2.45, 2.75) is 26.3 Å². The quantitative estimate of drug-likeness (QED) is 0.851. The number of nitrogens with two attached hydrogens (primary N) is 1. The van der Waals surface area contributed by atoms with E-state index in [4.69, 9.17) is 18.0 Å². The van der Waals surface area contributed by atoms with Gasteiger partial charge in [0.25, 0.3) is 0 Å². The maximum absolute atomic E-state index is 5.92. The lowest BCUT2D eigenvalue weighted by molar-refractivity contribution is 0.758. The summed E-state index contributed by atoms with van der Waals surface area (Å²) in [6.07, 6.45) is 1.06. The molecule has 0 fully saturated rings. The Bertz CT molecular complexity index is 678. The van der Waals surface area contributed by atoms with E-state index in [1.54, 1.807) is 0 Å². The second kappa shape index (κ2) is 4.91. The standard InChI is InChI=1S/C17H18N2S/c1-11-7-8-16(14(9-11)17(18)20)19-12(2)10-13-5-3-4-6-15(13)19/h3-9,12H,10H2,1-2H3,(H2,18,20). The SMILES string of the molecule is Cc1ccc(N2c3ccccc3CC2C)c(C(N)=S)c1. The fourth-order valence-corrected chi connectivity index (χ4v) is 3.15.